The SMILES string of the molecule is c1ccc(-c2ccc(N(c3ccc4c5ccccc5n(-c5ccccc5)c4c3)c3ccccc3-c3cccc4c3sc3ccccc34)cc2)cc1. The van der Waals surface area contributed by atoms with Crippen molar-refractivity contribution >= 4 is 70.4 Å². The van der Waals surface area contributed by atoms with Crippen LogP contribution in [0.25, 0.3) is 69.9 Å². The summed E-state index contributed by atoms with van der Waals surface area (Å²) in [6, 6.07) is 70.4. The maximum absolute atomic E-state index is 2.43. The maximum Gasteiger partial charge on any atom is 0.0561 e. The van der Waals surface area contributed by atoms with Gasteiger partial charge in [-0.25, -0.2) is 0 Å². The van der Waals surface area contributed by atoms with Crippen LogP contribution in [0.2, 0.25) is 0 Å². The molecule has 8 aromatic carbocycles. The van der Waals surface area contributed by atoms with Gasteiger partial charge in [0.05, 0.1) is 16.7 Å². The zero-order valence-electron chi connectivity index (χ0n) is 27.8. The monoisotopic (exact) mass is 668 g/mol. The van der Waals surface area contributed by atoms with E-state index in [1.165, 1.54) is 64.2 Å². The van der Waals surface area contributed by atoms with Crippen molar-refractivity contribution in [3.63, 3.8) is 0 Å². The van der Waals surface area contributed by atoms with Crippen LogP contribution >= 0.6 is 11.3 Å². The first-order valence-electron chi connectivity index (χ1n) is 17.4. The molecule has 2 heterocycles. The zero-order chi connectivity index (χ0) is 33.7. The fourth-order valence-electron chi connectivity index (χ4n) is 7.67. The van der Waals surface area contributed by atoms with Crippen LogP contribution in [0.5, 0.6) is 0 Å². The van der Waals surface area contributed by atoms with Gasteiger partial charge in [-0.1, -0.05) is 140 Å². The number of anilines is 3. The third-order valence-corrected chi connectivity index (χ3v) is 11.2. The smallest absolute Gasteiger partial charge is 0.0561 e. The Balaban J connectivity index is 1.23. The lowest BCUT2D eigenvalue weighted by molar-refractivity contribution is 1.18. The zero-order valence-corrected chi connectivity index (χ0v) is 28.6. The Hall–Kier alpha value is -6.42. The molecule has 0 fully saturated rings. The van der Waals surface area contributed by atoms with E-state index >= 15 is 0 Å². The van der Waals surface area contributed by atoms with Gasteiger partial charge in [0.1, 0.15) is 0 Å². The Kier molecular flexibility index (Phi) is 7.04. The topological polar surface area (TPSA) is 8.17 Å². The average Bonchev–Trinajstić information content (AvgIpc) is 3.75. The lowest BCUT2D eigenvalue weighted by Gasteiger charge is -2.28. The minimum absolute atomic E-state index is 1.10. The van der Waals surface area contributed by atoms with Crippen LogP contribution in [0.3, 0.4) is 0 Å². The predicted molar refractivity (Wildman–Crippen MR) is 219 cm³/mol. The first-order chi connectivity index (χ1) is 25.3. The molecule has 0 amide bonds. The summed E-state index contributed by atoms with van der Waals surface area (Å²) in [7, 11) is 0. The van der Waals surface area contributed by atoms with Crippen LogP contribution in [-0.2, 0) is 0 Å². The van der Waals surface area contributed by atoms with Crippen molar-refractivity contribution in [1.82, 2.24) is 4.57 Å². The summed E-state index contributed by atoms with van der Waals surface area (Å²) in [5.74, 6) is 0. The normalized spacial score (nSPS) is 11.5. The van der Waals surface area contributed by atoms with Crippen molar-refractivity contribution in [3.8, 4) is 27.9 Å². The van der Waals surface area contributed by atoms with Crippen molar-refractivity contribution in [3.05, 3.63) is 194 Å². The van der Waals surface area contributed by atoms with Crippen LogP contribution in [0.4, 0.5) is 17.1 Å². The molecule has 0 aliphatic rings. The molecule has 10 rings (SSSR count). The summed E-state index contributed by atoms with van der Waals surface area (Å²) < 4.78 is 5.02. The average molecular weight is 669 g/mol. The Morgan fingerprint density at radius 3 is 1.84 bits per heavy atom. The van der Waals surface area contributed by atoms with Gasteiger partial charge in [0.15, 0.2) is 0 Å². The minimum atomic E-state index is 1.10. The molecule has 240 valence electrons. The number of rotatable bonds is 6. The number of thiophene rings is 1. The molecule has 51 heavy (non-hydrogen) atoms. The Morgan fingerprint density at radius 2 is 1.00 bits per heavy atom. The summed E-state index contributed by atoms with van der Waals surface area (Å²) in [6.07, 6.45) is 0. The van der Waals surface area contributed by atoms with Crippen molar-refractivity contribution in [2.24, 2.45) is 0 Å². The van der Waals surface area contributed by atoms with E-state index in [-0.39, 0.29) is 0 Å². The Bertz CT molecular complexity index is 2850. The second-order valence-corrected chi connectivity index (χ2v) is 14.0. The number of aromatic nitrogens is 1. The van der Waals surface area contributed by atoms with Crippen LogP contribution in [0.15, 0.2) is 194 Å². The molecule has 0 saturated heterocycles. The summed E-state index contributed by atoms with van der Waals surface area (Å²) in [5.41, 5.74) is 11.7. The fraction of sp³-hybridized carbons (Fsp3) is 0. The Labute approximate surface area is 300 Å². The van der Waals surface area contributed by atoms with Gasteiger partial charge < -0.3 is 9.47 Å². The molecule has 0 radical (unpaired) electrons. The van der Waals surface area contributed by atoms with Crippen LogP contribution in [-0.4, -0.2) is 4.57 Å². The van der Waals surface area contributed by atoms with Crippen LogP contribution < -0.4 is 4.90 Å². The van der Waals surface area contributed by atoms with E-state index in [1.807, 2.05) is 11.3 Å². The number of para-hydroxylation sites is 3. The highest BCUT2D eigenvalue weighted by Crippen LogP contribution is 2.47. The maximum atomic E-state index is 2.43. The number of hydrogen-bond donors (Lipinski definition) is 0. The molecule has 10 aromatic rings. The number of fused-ring (bicyclic) bond motifs is 6. The van der Waals surface area contributed by atoms with Gasteiger partial charge in [0, 0.05) is 59.1 Å². The van der Waals surface area contributed by atoms with Crippen molar-refractivity contribution in [2.75, 3.05) is 4.90 Å². The van der Waals surface area contributed by atoms with E-state index in [2.05, 4.69) is 204 Å². The van der Waals surface area contributed by atoms with Gasteiger partial charge in [-0.05, 0) is 65.7 Å². The number of nitrogens with zero attached hydrogens (tertiary/aromatic N) is 2. The van der Waals surface area contributed by atoms with Gasteiger partial charge in [-0.2, -0.15) is 0 Å². The highest BCUT2D eigenvalue weighted by molar-refractivity contribution is 7.26. The Morgan fingerprint density at radius 1 is 0.392 bits per heavy atom. The standard InChI is InChI=1S/C48H32N2S/c1-3-14-33(15-4-1)34-26-28-36(29-27-34)49(37-30-31-40-38-18-7-11-24-45(38)50(46(40)32-37)35-16-5-2-6-17-35)44-23-10-8-19-39(44)42-21-13-22-43-41-20-9-12-25-47(41)51-48(42)43/h1-32H. The molecule has 2 aromatic heterocycles. The molecule has 2 nitrogen and oxygen atoms in total. The molecule has 0 atom stereocenters. The summed E-state index contributed by atoms with van der Waals surface area (Å²) in [5, 5.41) is 5.10. The first kappa shape index (κ1) is 29.5. The largest absolute Gasteiger partial charge is 0.310 e. The van der Waals surface area contributed by atoms with E-state index in [4.69, 9.17) is 0 Å². The number of benzene rings is 8. The lowest BCUT2D eigenvalue weighted by atomic mass is 9.99. The highest BCUT2D eigenvalue weighted by atomic mass is 32.1. The third kappa shape index (κ3) is 4.93. The van der Waals surface area contributed by atoms with Crippen molar-refractivity contribution in [1.29, 1.82) is 0 Å². The highest BCUT2D eigenvalue weighted by Gasteiger charge is 2.21. The van der Waals surface area contributed by atoms with Gasteiger partial charge in [-0.15, -0.1) is 11.3 Å². The third-order valence-electron chi connectivity index (χ3n) is 10.0. The van der Waals surface area contributed by atoms with Crippen molar-refractivity contribution in [2.45, 2.75) is 0 Å². The summed E-state index contributed by atoms with van der Waals surface area (Å²) in [4.78, 5) is 2.43. The molecule has 0 aliphatic heterocycles. The first-order valence-corrected chi connectivity index (χ1v) is 18.2. The second kappa shape index (κ2) is 12.2. The molecule has 0 spiro atoms. The molecule has 0 bridgehead atoms. The van der Waals surface area contributed by atoms with Crippen LogP contribution in [0, 0.1) is 0 Å². The van der Waals surface area contributed by atoms with Crippen molar-refractivity contribution < 1.29 is 0 Å². The molecule has 3 heteroatoms. The lowest BCUT2D eigenvalue weighted by Crippen LogP contribution is -2.11. The second-order valence-electron chi connectivity index (χ2n) is 12.9. The molecule has 0 aliphatic carbocycles. The molecule has 0 saturated carbocycles. The van der Waals surface area contributed by atoms with Gasteiger partial charge in [0.2, 0.25) is 0 Å². The van der Waals surface area contributed by atoms with E-state index in [0.29, 0.717) is 0 Å². The van der Waals surface area contributed by atoms with Crippen LogP contribution in [0.1, 0.15) is 0 Å². The minimum Gasteiger partial charge on any atom is -0.310 e. The van der Waals surface area contributed by atoms with Gasteiger partial charge >= 0.3 is 0 Å². The number of hydrogen-bond acceptors (Lipinski definition) is 2. The van der Waals surface area contributed by atoms with E-state index in [1.54, 1.807) is 0 Å². The molecule has 0 N–H and O–H groups in total. The quantitative estimate of drug-likeness (QED) is 0.171. The predicted octanol–water partition coefficient (Wildman–Crippen LogP) is 14.0. The fourth-order valence-corrected chi connectivity index (χ4v) is 8.90. The molecular weight excluding hydrogens is 637 g/mol. The molecule has 0 unspecified atom stereocenters. The van der Waals surface area contributed by atoms with E-state index in [9.17, 15) is 0 Å². The van der Waals surface area contributed by atoms with E-state index < -0.39 is 0 Å². The van der Waals surface area contributed by atoms with Gasteiger partial charge in [0.25, 0.3) is 0 Å². The summed E-state index contributed by atoms with van der Waals surface area (Å²) >= 11 is 1.88. The van der Waals surface area contributed by atoms with Gasteiger partial charge in [-0.3, -0.25) is 0 Å². The summed E-state index contributed by atoms with van der Waals surface area (Å²) in [6.45, 7) is 0. The van der Waals surface area contributed by atoms with E-state index in [0.717, 1.165) is 22.7 Å². The molecular formula is C48H32N2S.